The van der Waals surface area contributed by atoms with Crippen LogP contribution in [0.4, 0.5) is 16.3 Å². The van der Waals surface area contributed by atoms with Crippen molar-refractivity contribution < 1.29 is 9.59 Å². The van der Waals surface area contributed by atoms with Crippen molar-refractivity contribution in [3.8, 4) is 0 Å². The van der Waals surface area contributed by atoms with Gasteiger partial charge in [-0.25, -0.2) is 4.79 Å². The van der Waals surface area contributed by atoms with Crippen LogP contribution in [0.25, 0.3) is 0 Å². The number of nitrogens with one attached hydrogen (secondary N) is 3. The van der Waals surface area contributed by atoms with E-state index in [1.165, 1.54) is 18.3 Å². The van der Waals surface area contributed by atoms with Crippen LogP contribution in [0.15, 0.2) is 60.8 Å². The number of rotatable bonds is 4. The smallest absolute Gasteiger partial charge is 0.324 e. The fraction of sp³-hybridized carbons (Fsp3) is 0. The van der Waals surface area contributed by atoms with Gasteiger partial charge >= 0.3 is 6.03 Å². The van der Waals surface area contributed by atoms with Gasteiger partial charge in [0.05, 0.1) is 5.02 Å². The Hall–Kier alpha value is -2.76. The normalized spacial score (nSPS) is 10.3. The van der Waals surface area contributed by atoms with Crippen LogP contribution in [-0.4, -0.2) is 16.8 Å². The van der Waals surface area contributed by atoms with E-state index in [2.05, 4.69) is 15.6 Å². The van der Waals surface area contributed by atoms with E-state index in [4.69, 9.17) is 23.2 Å². The average Bonchev–Trinajstić information content (AvgIpc) is 3.03. The number of carbonyl (C=O) groups is 2. The second kappa shape index (κ2) is 7.42. The summed E-state index contributed by atoms with van der Waals surface area (Å²) in [5.41, 5.74) is 1.38. The van der Waals surface area contributed by atoms with Gasteiger partial charge in [0.25, 0.3) is 0 Å². The van der Waals surface area contributed by atoms with Crippen LogP contribution in [0, 0.1) is 0 Å². The number of carbonyl (C=O) groups excluding carboxylic acids is 2. The number of hydrogen-bond donors (Lipinski definition) is 3. The molecule has 1 heterocycles. The van der Waals surface area contributed by atoms with Crippen molar-refractivity contribution >= 4 is 46.5 Å². The highest BCUT2D eigenvalue weighted by atomic mass is 35.5. The predicted octanol–water partition coefficient (Wildman–Crippen LogP) is 5.20. The van der Waals surface area contributed by atoms with Gasteiger partial charge in [0, 0.05) is 28.0 Å². The Morgan fingerprint density at radius 3 is 2.40 bits per heavy atom. The van der Waals surface area contributed by atoms with E-state index in [9.17, 15) is 9.59 Å². The summed E-state index contributed by atoms with van der Waals surface area (Å²) >= 11 is 11.9. The first-order valence-electron chi connectivity index (χ1n) is 7.34. The maximum atomic E-state index is 12.5. The largest absolute Gasteiger partial charge is 0.347 e. The van der Waals surface area contributed by atoms with Crippen molar-refractivity contribution in [1.29, 1.82) is 0 Å². The van der Waals surface area contributed by atoms with Crippen molar-refractivity contribution in [2.24, 2.45) is 0 Å². The number of aromatic amines is 1. The summed E-state index contributed by atoms with van der Waals surface area (Å²) in [5.74, 6) is 0.122. The van der Waals surface area contributed by atoms with Gasteiger partial charge < -0.3 is 10.3 Å². The van der Waals surface area contributed by atoms with E-state index < -0.39 is 6.03 Å². The second-order valence-electron chi connectivity index (χ2n) is 5.20. The molecule has 25 heavy (non-hydrogen) atoms. The topological polar surface area (TPSA) is 74.0 Å². The molecule has 0 spiro atoms. The summed E-state index contributed by atoms with van der Waals surface area (Å²) in [6, 6.07) is 14.8. The lowest BCUT2D eigenvalue weighted by molar-refractivity contribution is 0.103. The monoisotopic (exact) mass is 373 g/mol. The molecule has 0 unspecified atom stereocenters. The van der Waals surface area contributed by atoms with Crippen LogP contribution in [-0.2, 0) is 0 Å². The third-order valence-corrected chi connectivity index (χ3v) is 3.95. The van der Waals surface area contributed by atoms with Crippen LogP contribution in [0.3, 0.4) is 0 Å². The molecule has 7 heteroatoms. The number of urea groups is 1. The second-order valence-corrected chi connectivity index (χ2v) is 6.04. The van der Waals surface area contributed by atoms with Crippen molar-refractivity contribution in [1.82, 2.24) is 4.98 Å². The number of benzene rings is 2. The number of ketones is 1. The molecule has 0 saturated carbocycles. The molecular weight excluding hydrogens is 361 g/mol. The van der Waals surface area contributed by atoms with Gasteiger partial charge in [-0.05, 0) is 36.4 Å². The maximum absolute atomic E-state index is 12.5. The van der Waals surface area contributed by atoms with E-state index in [0.29, 0.717) is 27.7 Å². The van der Waals surface area contributed by atoms with E-state index in [1.807, 2.05) is 18.2 Å². The van der Waals surface area contributed by atoms with Crippen LogP contribution in [0.1, 0.15) is 15.9 Å². The molecule has 2 aromatic carbocycles. The molecule has 3 aromatic rings. The molecule has 5 nitrogen and oxygen atoms in total. The lowest BCUT2D eigenvalue weighted by Gasteiger charge is -2.05. The van der Waals surface area contributed by atoms with Gasteiger partial charge in [0.1, 0.15) is 5.82 Å². The summed E-state index contributed by atoms with van der Waals surface area (Å²) in [5, 5.41) is 6.04. The zero-order chi connectivity index (χ0) is 17.8. The van der Waals surface area contributed by atoms with Crippen LogP contribution in [0.2, 0.25) is 10.0 Å². The van der Waals surface area contributed by atoms with Gasteiger partial charge in [-0.15, -0.1) is 0 Å². The maximum Gasteiger partial charge on any atom is 0.324 e. The van der Waals surface area contributed by atoms with Crippen LogP contribution in [0.5, 0.6) is 0 Å². The highest BCUT2D eigenvalue weighted by molar-refractivity contribution is 6.37. The quantitative estimate of drug-likeness (QED) is 0.550. The summed E-state index contributed by atoms with van der Waals surface area (Å²) < 4.78 is 0. The third-order valence-electron chi connectivity index (χ3n) is 3.40. The minimum Gasteiger partial charge on any atom is -0.347 e. The van der Waals surface area contributed by atoms with Gasteiger partial charge in [0.2, 0.25) is 0 Å². The molecule has 0 atom stereocenters. The predicted molar refractivity (Wildman–Crippen MR) is 99.8 cm³/mol. The van der Waals surface area contributed by atoms with Crippen LogP contribution < -0.4 is 10.6 Å². The van der Waals surface area contributed by atoms with Gasteiger partial charge in [0.15, 0.2) is 5.78 Å². The number of amides is 2. The number of halogens is 2. The Morgan fingerprint density at radius 1 is 0.920 bits per heavy atom. The number of anilines is 2. The van der Waals surface area contributed by atoms with Gasteiger partial charge in [-0.3, -0.25) is 10.1 Å². The zero-order valence-electron chi connectivity index (χ0n) is 12.8. The summed E-state index contributed by atoms with van der Waals surface area (Å²) in [6.45, 7) is 0. The summed E-state index contributed by atoms with van der Waals surface area (Å²) in [6.07, 6.45) is 1.51. The lowest BCUT2D eigenvalue weighted by Crippen LogP contribution is -2.19. The lowest BCUT2D eigenvalue weighted by atomic mass is 10.1. The molecule has 126 valence electrons. The van der Waals surface area contributed by atoms with Crippen molar-refractivity contribution in [3.05, 3.63) is 82.0 Å². The highest BCUT2D eigenvalue weighted by Gasteiger charge is 2.15. The van der Waals surface area contributed by atoms with E-state index in [-0.39, 0.29) is 10.8 Å². The Bertz CT molecular complexity index is 923. The minimum atomic E-state index is -0.420. The fourth-order valence-corrected chi connectivity index (χ4v) is 2.73. The fourth-order valence-electron chi connectivity index (χ4n) is 2.23. The average molecular weight is 374 g/mol. The van der Waals surface area contributed by atoms with Crippen LogP contribution >= 0.6 is 23.2 Å². The highest BCUT2D eigenvalue weighted by Crippen LogP contribution is 2.24. The minimum absolute atomic E-state index is 0.269. The molecule has 1 aromatic heterocycles. The molecular formula is C18H13Cl2N3O2. The molecule has 0 bridgehead atoms. The van der Waals surface area contributed by atoms with E-state index >= 15 is 0 Å². The Kier molecular flexibility index (Phi) is 5.07. The molecule has 3 rings (SSSR count). The van der Waals surface area contributed by atoms with Gasteiger partial charge in [-0.2, -0.15) is 0 Å². The first kappa shape index (κ1) is 17.1. The molecule has 0 fully saturated rings. The van der Waals surface area contributed by atoms with Gasteiger partial charge in [-0.1, -0.05) is 41.4 Å². The molecule has 2 amide bonds. The van der Waals surface area contributed by atoms with Crippen molar-refractivity contribution in [2.45, 2.75) is 0 Å². The zero-order valence-corrected chi connectivity index (χ0v) is 14.4. The Labute approximate surface area is 154 Å². The summed E-state index contributed by atoms with van der Waals surface area (Å²) in [7, 11) is 0. The van der Waals surface area contributed by atoms with Crippen molar-refractivity contribution in [2.75, 3.05) is 10.6 Å². The Balaban J connectivity index is 1.69. The first-order valence-corrected chi connectivity index (χ1v) is 8.10. The van der Waals surface area contributed by atoms with E-state index in [1.54, 1.807) is 24.3 Å². The molecule has 3 N–H and O–H groups in total. The van der Waals surface area contributed by atoms with Crippen molar-refractivity contribution in [3.63, 3.8) is 0 Å². The first-order chi connectivity index (χ1) is 12.0. The number of hydrogen-bond acceptors (Lipinski definition) is 2. The summed E-state index contributed by atoms with van der Waals surface area (Å²) in [4.78, 5) is 27.3. The standard InChI is InChI=1S/C18H13Cl2N3O2/c19-12-6-7-14(15(20)9-12)17(24)11-8-16(21-10-11)23-18(25)22-13-4-2-1-3-5-13/h1-10,21H,(H2,22,23,25). The Morgan fingerprint density at radius 2 is 1.68 bits per heavy atom. The number of aromatic nitrogens is 1. The SMILES string of the molecule is O=C(Nc1ccccc1)Nc1cc(C(=O)c2ccc(Cl)cc2Cl)c[nH]1. The molecule has 0 aliphatic heterocycles. The molecule has 0 saturated heterocycles. The molecule has 0 aliphatic rings. The molecule has 0 aliphatic carbocycles. The van der Waals surface area contributed by atoms with E-state index in [0.717, 1.165) is 0 Å². The number of H-pyrrole nitrogens is 1. The third kappa shape index (κ3) is 4.21. The number of para-hydroxylation sites is 1. The molecule has 0 radical (unpaired) electrons.